The number of hydrogen-bond donors (Lipinski definition) is 1. The van der Waals surface area contributed by atoms with E-state index in [-0.39, 0.29) is 18.6 Å². The van der Waals surface area contributed by atoms with Crippen LogP contribution >= 0.6 is 0 Å². The van der Waals surface area contributed by atoms with Gasteiger partial charge in [0.15, 0.2) is 0 Å². The highest BCUT2D eigenvalue weighted by molar-refractivity contribution is 5.95. The molecular weight excluding hydrogens is 250 g/mol. The number of amides is 1. The second-order valence-electron chi connectivity index (χ2n) is 5.59. The minimum absolute atomic E-state index is 0.0111. The van der Waals surface area contributed by atoms with Gasteiger partial charge in [-0.25, -0.2) is 0 Å². The molecule has 0 bridgehead atoms. The van der Waals surface area contributed by atoms with Gasteiger partial charge in [-0.1, -0.05) is 37.3 Å². The molecule has 0 radical (unpaired) electrons. The van der Waals surface area contributed by atoms with Crippen molar-refractivity contribution in [1.29, 1.82) is 0 Å². The molecule has 20 heavy (non-hydrogen) atoms. The van der Waals surface area contributed by atoms with Crippen molar-refractivity contribution in [3.05, 3.63) is 42.0 Å². The minimum Gasteiger partial charge on any atom is -0.394 e. The molecule has 3 nitrogen and oxygen atoms in total. The van der Waals surface area contributed by atoms with Crippen LogP contribution in [0.1, 0.15) is 32.3 Å². The largest absolute Gasteiger partial charge is 0.394 e. The molecule has 1 aromatic carbocycles. The van der Waals surface area contributed by atoms with Gasteiger partial charge in [0.25, 0.3) is 0 Å². The SMILES string of the molecule is C/C(=C/C(=O)N1CCCC(C)C1CO)c1ccccc1. The van der Waals surface area contributed by atoms with Crippen LogP contribution in [0.25, 0.3) is 5.57 Å². The summed E-state index contributed by atoms with van der Waals surface area (Å²) in [6.45, 7) is 4.85. The maximum absolute atomic E-state index is 12.4. The number of allylic oxidation sites excluding steroid dienone is 1. The first-order valence-electron chi connectivity index (χ1n) is 7.28. The van der Waals surface area contributed by atoms with Gasteiger partial charge in [-0.3, -0.25) is 4.79 Å². The van der Waals surface area contributed by atoms with Crippen molar-refractivity contribution in [3.8, 4) is 0 Å². The van der Waals surface area contributed by atoms with Gasteiger partial charge in [0.05, 0.1) is 12.6 Å². The zero-order valence-electron chi connectivity index (χ0n) is 12.2. The molecule has 1 aromatic rings. The lowest BCUT2D eigenvalue weighted by atomic mass is 9.91. The fourth-order valence-electron chi connectivity index (χ4n) is 2.85. The van der Waals surface area contributed by atoms with E-state index in [0.717, 1.165) is 30.5 Å². The molecule has 1 heterocycles. The number of aliphatic hydroxyl groups excluding tert-OH is 1. The van der Waals surface area contributed by atoms with Crippen LogP contribution in [0.5, 0.6) is 0 Å². The van der Waals surface area contributed by atoms with Crippen LogP contribution < -0.4 is 0 Å². The van der Waals surface area contributed by atoms with Gasteiger partial charge in [0.1, 0.15) is 0 Å². The van der Waals surface area contributed by atoms with Crippen LogP contribution in [0.15, 0.2) is 36.4 Å². The summed E-state index contributed by atoms with van der Waals surface area (Å²) in [5.41, 5.74) is 2.02. The molecule has 1 fully saturated rings. The Hall–Kier alpha value is -1.61. The fourth-order valence-corrected chi connectivity index (χ4v) is 2.85. The molecule has 0 saturated carbocycles. The van der Waals surface area contributed by atoms with E-state index in [1.54, 1.807) is 6.08 Å². The average Bonchev–Trinajstić information content (AvgIpc) is 2.47. The molecule has 0 aliphatic carbocycles. The van der Waals surface area contributed by atoms with Crippen molar-refractivity contribution in [1.82, 2.24) is 4.90 Å². The van der Waals surface area contributed by atoms with E-state index in [1.165, 1.54) is 0 Å². The third-order valence-electron chi connectivity index (χ3n) is 4.15. The lowest BCUT2D eigenvalue weighted by Gasteiger charge is -2.38. The summed E-state index contributed by atoms with van der Waals surface area (Å²) in [6, 6.07) is 9.86. The van der Waals surface area contributed by atoms with Crippen molar-refractivity contribution >= 4 is 11.5 Å². The maximum atomic E-state index is 12.4. The predicted octanol–water partition coefficient (Wildman–Crippen LogP) is 2.71. The molecule has 3 heteroatoms. The summed E-state index contributed by atoms with van der Waals surface area (Å²) in [5.74, 6) is 0.375. The van der Waals surface area contributed by atoms with Gasteiger partial charge in [0.2, 0.25) is 5.91 Å². The first kappa shape index (κ1) is 14.8. The van der Waals surface area contributed by atoms with E-state index in [9.17, 15) is 9.90 Å². The van der Waals surface area contributed by atoms with Crippen molar-refractivity contribution in [2.75, 3.05) is 13.2 Å². The number of piperidine rings is 1. The van der Waals surface area contributed by atoms with E-state index >= 15 is 0 Å². The second-order valence-corrected chi connectivity index (χ2v) is 5.59. The Labute approximate surface area is 120 Å². The number of rotatable bonds is 3. The maximum Gasteiger partial charge on any atom is 0.247 e. The number of aliphatic hydroxyl groups is 1. The Morgan fingerprint density at radius 2 is 2.10 bits per heavy atom. The third kappa shape index (κ3) is 3.28. The summed E-state index contributed by atoms with van der Waals surface area (Å²) < 4.78 is 0. The first-order chi connectivity index (χ1) is 9.63. The molecule has 2 rings (SSSR count). The molecule has 2 atom stereocenters. The summed E-state index contributed by atoms with van der Waals surface area (Å²) in [6.07, 6.45) is 3.79. The average molecular weight is 273 g/mol. The molecule has 1 saturated heterocycles. The van der Waals surface area contributed by atoms with Crippen LogP contribution in [-0.4, -0.2) is 35.1 Å². The van der Waals surface area contributed by atoms with E-state index in [4.69, 9.17) is 0 Å². The first-order valence-corrected chi connectivity index (χ1v) is 7.28. The minimum atomic E-state index is -0.0453. The summed E-state index contributed by atoms with van der Waals surface area (Å²) in [4.78, 5) is 14.3. The Morgan fingerprint density at radius 3 is 2.75 bits per heavy atom. The zero-order valence-corrected chi connectivity index (χ0v) is 12.2. The molecule has 0 spiro atoms. The van der Waals surface area contributed by atoms with Crippen molar-refractivity contribution in [3.63, 3.8) is 0 Å². The van der Waals surface area contributed by atoms with Crippen LogP contribution in [0.4, 0.5) is 0 Å². The quantitative estimate of drug-likeness (QED) is 0.860. The van der Waals surface area contributed by atoms with E-state index in [1.807, 2.05) is 42.2 Å². The highest BCUT2D eigenvalue weighted by Crippen LogP contribution is 2.24. The number of carbonyl (C=O) groups excluding carboxylic acids is 1. The fraction of sp³-hybridized carbons (Fsp3) is 0.471. The standard InChI is InChI=1S/C17H23NO2/c1-13-7-6-10-18(16(13)12-19)17(20)11-14(2)15-8-4-3-5-9-15/h3-5,8-9,11,13,16,19H,6-7,10,12H2,1-2H3/b14-11-. The van der Waals surface area contributed by atoms with E-state index in [2.05, 4.69) is 6.92 Å². The van der Waals surface area contributed by atoms with E-state index in [0.29, 0.717) is 5.92 Å². The highest BCUT2D eigenvalue weighted by Gasteiger charge is 2.30. The monoisotopic (exact) mass is 273 g/mol. The van der Waals surface area contributed by atoms with Crippen molar-refractivity contribution in [2.45, 2.75) is 32.7 Å². The van der Waals surface area contributed by atoms with E-state index < -0.39 is 0 Å². The topological polar surface area (TPSA) is 40.5 Å². The lowest BCUT2D eigenvalue weighted by molar-refractivity contribution is -0.132. The van der Waals surface area contributed by atoms with Crippen LogP contribution in [-0.2, 0) is 4.79 Å². The molecule has 1 aliphatic heterocycles. The highest BCUT2D eigenvalue weighted by atomic mass is 16.3. The third-order valence-corrected chi connectivity index (χ3v) is 4.15. The van der Waals surface area contributed by atoms with Gasteiger partial charge in [-0.2, -0.15) is 0 Å². The normalized spacial score (nSPS) is 23.8. The van der Waals surface area contributed by atoms with Crippen LogP contribution in [0.2, 0.25) is 0 Å². The molecule has 1 N–H and O–H groups in total. The number of carbonyl (C=O) groups is 1. The number of hydrogen-bond acceptors (Lipinski definition) is 2. The predicted molar refractivity (Wildman–Crippen MR) is 81.1 cm³/mol. The molecule has 1 aliphatic rings. The van der Waals surface area contributed by atoms with Gasteiger partial charge in [-0.15, -0.1) is 0 Å². The molecule has 108 valence electrons. The lowest BCUT2D eigenvalue weighted by Crippen LogP contribution is -2.49. The van der Waals surface area contributed by atoms with Gasteiger partial charge in [-0.05, 0) is 36.8 Å². The summed E-state index contributed by atoms with van der Waals surface area (Å²) in [5, 5.41) is 9.52. The number of benzene rings is 1. The van der Waals surface area contributed by atoms with Gasteiger partial charge in [0, 0.05) is 12.6 Å². The molecule has 1 amide bonds. The second kappa shape index (κ2) is 6.71. The van der Waals surface area contributed by atoms with Crippen molar-refractivity contribution in [2.24, 2.45) is 5.92 Å². The van der Waals surface area contributed by atoms with Crippen molar-refractivity contribution < 1.29 is 9.90 Å². The van der Waals surface area contributed by atoms with Gasteiger partial charge < -0.3 is 10.0 Å². The smallest absolute Gasteiger partial charge is 0.247 e. The summed E-state index contributed by atoms with van der Waals surface area (Å²) in [7, 11) is 0. The molecule has 2 unspecified atom stereocenters. The zero-order chi connectivity index (χ0) is 14.5. The summed E-state index contributed by atoms with van der Waals surface area (Å²) >= 11 is 0. The number of nitrogens with zero attached hydrogens (tertiary/aromatic N) is 1. The Bertz CT molecular complexity index is 481. The van der Waals surface area contributed by atoms with Crippen LogP contribution in [0.3, 0.4) is 0 Å². The molecular formula is C17H23NO2. The Morgan fingerprint density at radius 1 is 1.40 bits per heavy atom. The number of likely N-dealkylation sites (tertiary alicyclic amines) is 1. The molecule has 0 aromatic heterocycles. The Kier molecular flexibility index (Phi) is 4.96. The van der Waals surface area contributed by atoms with Gasteiger partial charge >= 0.3 is 0 Å². The Balaban J connectivity index is 2.14. The van der Waals surface area contributed by atoms with Crippen LogP contribution in [0, 0.1) is 5.92 Å².